The fourth-order valence-electron chi connectivity index (χ4n) is 0.689. The number of rotatable bonds is 1. The van der Waals surface area contributed by atoms with Crippen molar-refractivity contribution in [2.24, 2.45) is 15.4 Å². The summed E-state index contributed by atoms with van der Waals surface area (Å²) in [7, 11) is 0. The maximum atomic E-state index is 8.07. The van der Waals surface area contributed by atoms with Gasteiger partial charge in [-0.1, -0.05) is 12.2 Å². The molecule has 0 saturated carbocycles. The average molecular weight is 160 g/mol. The van der Waals surface area contributed by atoms with E-state index in [1.165, 1.54) is 0 Å². The average Bonchev–Trinajstić information content (AvgIpc) is 2.09. The Morgan fingerprint density at radius 3 is 2.25 bits per heavy atom. The van der Waals surface area contributed by atoms with Gasteiger partial charge in [0.1, 0.15) is 0 Å². The van der Waals surface area contributed by atoms with Crippen LogP contribution in [0.3, 0.4) is 0 Å². The van der Waals surface area contributed by atoms with E-state index < -0.39 is 0 Å². The summed E-state index contributed by atoms with van der Waals surface area (Å²) in [6, 6.07) is 0. The Kier molecular flexibility index (Phi) is 2.57. The number of hydrogen-bond acceptors (Lipinski definition) is 3. The molecule has 0 unspecified atom stereocenters. The molecule has 0 radical (unpaired) electrons. The molecule has 0 spiro atoms. The second kappa shape index (κ2) is 3.88. The van der Waals surface area contributed by atoms with Crippen LogP contribution in [0.25, 0.3) is 10.6 Å². The van der Waals surface area contributed by atoms with Gasteiger partial charge in [0.2, 0.25) is 0 Å². The quantitative estimate of drug-likeness (QED) is 0.248. The Balaban J connectivity index is 2.81. The van der Waals surface area contributed by atoms with Gasteiger partial charge in [-0.2, -0.15) is 0 Å². The monoisotopic (exact) mass is 160 g/mol. The van der Waals surface area contributed by atoms with Crippen LogP contribution < -0.4 is 0 Å². The molecule has 0 N–H and O–H groups in total. The summed E-state index contributed by atoms with van der Waals surface area (Å²) in [5, 5.41) is 20.0. The van der Waals surface area contributed by atoms with E-state index in [4.69, 9.17) is 10.9 Å². The third kappa shape index (κ3) is 1.91. The van der Waals surface area contributed by atoms with Crippen molar-refractivity contribution in [3.8, 4) is 0 Å². The minimum absolute atomic E-state index is 0.495. The van der Waals surface area contributed by atoms with Crippen molar-refractivity contribution in [1.82, 2.24) is 0 Å². The van der Waals surface area contributed by atoms with Crippen molar-refractivity contribution in [3.05, 3.63) is 34.9 Å². The zero-order chi connectivity index (χ0) is 8.81. The fraction of sp³-hybridized carbons (Fsp3) is 0. The zero-order valence-electron chi connectivity index (χ0n) is 5.99. The van der Waals surface area contributed by atoms with Crippen LogP contribution in [0, 0.1) is 5.39 Å². The SMILES string of the molecule is N#[N+]N=C1C=CC(=NN=[N-])C=C1. The van der Waals surface area contributed by atoms with Crippen LogP contribution in [0.2, 0.25) is 0 Å². The molecule has 12 heavy (non-hydrogen) atoms. The van der Waals surface area contributed by atoms with Crippen LogP contribution in [0.5, 0.6) is 0 Å². The molecule has 1 rings (SSSR count). The molecule has 0 amide bonds. The molecule has 0 atom stereocenters. The van der Waals surface area contributed by atoms with Gasteiger partial charge in [0.15, 0.2) is 10.8 Å². The number of allylic oxidation sites excluding steroid dienone is 4. The normalized spacial score (nSPS) is 13.9. The van der Waals surface area contributed by atoms with Crippen LogP contribution in [-0.2, 0) is 0 Å². The maximum Gasteiger partial charge on any atom is 0.339 e. The third-order valence-corrected chi connectivity index (χ3v) is 1.17. The lowest BCUT2D eigenvalue weighted by molar-refractivity contribution is 1.22. The molecule has 0 aromatic heterocycles. The summed E-state index contributed by atoms with van der Waals surface area (Å²) in [6.45, 7) is 0. The highest BCUT2D eigenvalue weighted by molar-refractivity contribution is 6.18. The van der Waals surface area contributed by atoms with Crippen molar-refractivity contribution in [1.29, 1.82) is 5.39 Å². The van der Waals surface area contributed by atoms with E-state index in [1.807, 2.05) is 0 Å². The van der Waals surface area contributed by atoms with Gasteiger partial charge < -0.3 is 10.6 Å². The molecule has 58 valence electrons. The Morgan fingerprint density at radius 1 is 1.17 bits per heavy atom. The van der Waals surface area contributed by atoms with E-state index in [-0.39, 0.29) is 0 Å². The van der Waals surface area contributed by atoms with Crippen LogP contribution in [0.4, 0.5) is 0 Å². The summed E-state index contributed by atoms with van der Waals surface area (Å²) in [6.07, 6.45) is 6.29. The maximum absolute atomic E-state index is 8.07. The largest absolute Gasteiger partial charge is 0.362 e. The van der Waals surface area contributed by atoms with E-state index in [2.05, 4.69) is 20.5 Å². The summed E-state index contributed by atoms with van der Waals surface area (Å²) in [5.74, 6) is 0. The Labute approximate surface area is 68.1 Å². The third-order valence-electron chi connectivity index (χ3n) is 1.17. The van der Waals surface area contributed by atoms with Gasteiger partial charge in [-0.15, -0.1) is 0 Å². The highest BCUT2D eigenvalue weighted by atomic mass is 15.3. The topological polar surface area (TPSA) is 87.5 Å². The molecule has 1 aliphatic rings. The van der Waals surface area contributed by atoms with Gasteiger partial charge in [-0.05, 0) is 17.9 Å². The molecule has 6 heteroatoms. The molecule has 0 bridgehead atoms. The first-order chi connectivity index (χ1) is 5.86. The number of diazo groups is 1. The second-order valence-electron chi connectivity index (χ2n) is 1.90. The van der Waals surface area contributed by atoms with Crippen LogP contribution in [-0.4, -0.2) is 11.4 Å². The first-order valence-electron chi connectivity index (χ1n) is 3.07. The minimum atomic E-state index is 0.495. The summed E-state index contributed by atoms with van der Waals surface area (Å²) in [4.78, 5) is 0. The van der Waals surface area contributed by atoms with E-state index in [0.717, 1.165) is 0 Å². The Bertz CT molecular complexity index is 322. The van der Waals surface area contributed by atoms with Gasteiger partial charge >= 0.3 is 5.08 Å². The van der Waals surface area contributed by atoms with Gasteiger partial charge in [0.05, 0.1) is 0 Å². The lowest BCUT2D eigenvalue weighted by Crippen LogP contribution is -1.98. The van der Waals surface area contributed by atoms with Crippen LogP contribution in [0.15, 0.2) is 39.7 Å². The smallest absolute Gasteiger partial charge is 0.339 e. The molecular formula is C6H4N6. The molecule has 0 fully saturated rings. The highest BCUT2D eigenvalue weighted by Crippen LogP contribution is 1.98. The molecule has 0 aliphatic heterocycles. The van der Waals surface area contributed by atoms with Crippen molar-refractivity contribution in [2.75, 3.05) is 0 Å². The Hall–Kier alpha value is -2.16. The lowest BCUT2D eigenvalue weighted by atomic mass is 10.1. The van der Waals surface area contributed by atoms with Gasteiger partial charge in [0.25, 0.3) is 5.39 Å². The Morgan fingerprint density at radius 2 is 1.75 bits per heavy atom. The van der Waals surface area contributed by atoms with Gasteiger partial charge in [-0.25, -0.2) is 0 Å². The molecule has 1 aliphatic carbocycles. The van der Waals surface area contributed by atoms with Crippen molar-refractivity contribution in [2.45, 2.75) is 0 Å². The van der Waals surface area contributed by atoms with Crippen molar-refractivity contribution < 1.29 is 0 Å². The van der Waals surface area contributed by atoms with Crippen LogP contribution >= 0.6 is 0 Å². The summed E-state index contributed by atoms with van der Waals surface area (Å²) >= 11 is 0. The van der Waals surface area contributed by atoms with E-state index in [1.54, 1.807) is 24.3 Å². The standard InChI is InChI=1S/C6H4N6/c7-11-9-5-1-2-6(4-3-5)10-12-8/h1-4H. The summed E-state index contributed by atoms with van der Waals surface area (Å²) in [5.41, 5.74) is 9.06. The first kappa shape index (κ1) is 7.94. The first-order valence-corrected chi connectivity index (χ1v) is 3.07. The van der Waals surface area contributed by atoms with E-state index >= 15 is 0 Å². The van der Waals surface area contributed by atoms with Gasteiger partial charge in [-0.3, -0.25) is 5.22 Å². The molecule has 0 saturated heterocycles. The molecular weight excluding hydrogens is 156 g/mol. The van der Waals surface area contributed by atoms with Gasteiger partial charge in [0, 0.05) is 0 Å². The summed E-state index contributed by atoms with van der Waals surface area (Å²) < 4.78 is 0. The zero-order valence-corrected chi connectivity index (χ0v) is 5.99. The number of nitrogens with zero attached hydrogens (tertiary/aromatic N) is 6. The number of hydrogen-bond donors (Lipinski definition) is 0. The molecule has 6 nitrogen and oxygen atoms in total. The van der Waals surface area contributed by atoms with E-state index in [9.17, 15) is 0 Å². The van der Waals surface area contributed by atoms with Crippen molar-refractivity contribution >= 4 is 11.4 Å². The molecule has 0 heterocycles. The molecule has 0 aromatic rings. The predicted octanol–water partition coefficient (Wildman–Crippen LogP) is 1.70. The van der Waals surface area contributed by atoms with E-state index in [0.29, 0.717) is 11.4 Å². The van der Waals surface area contributed by atoms with Crippen molar-refractivity contribution in [3.63, 3.8) is 0 Å². The second-order valence-corrected chi connectivity index (χ2v) is 1.90. The lowest BCUT2D eigenvalue weighted by Gasteiger charge is -2.00. The van der Waals surface area contributed by atoms with Crippen LogP contribution in [0.1, 0.15) is 0 Å². The molecule has 0 aromatic carbocycles. The minimum Gasteiger partial charge on any atom is -0.362 e. The predicted molar refractivity (Wildman–Crippen MR) is 44.0 cm³/mol. The fourth-order valence-corrected chi connectivity index (χ4v) is 0.689. The highest BCUT2D eigenvalue weighted by Gasteiger charge is 1.99.